The van der Waals surface area contributed by atoms with Crippen molar-refractivity contribution >= 4 is 46.3 Å². The number of benzene rings is 1. The first-order valence-corrected chi connectivity index (χ1v) is 7.20. The van der Waals surface area contributed by atoms with Crippen molar-refractivity contribution < 1.29 is 4.79 Å². The van der Waals surface area contributed by atoms with Gasteiger partial charge < -0.3 is 10.6 Å². The number of carbonyl (C=O) groups excluding carboxylic acids is 1. The van der Waals surface area contributed by atoms with E-state index < -0.39 is 0 Å². The van der Waals surface area contributed by atoms with Gasteiger partial charge in [0.05, 0.1) is 21.9 Å². The standard InChI is InChI=1S/C15H15Cl2N3O/c1-9(2)15(21)20-14-6-4-11(8-18-14)19-10-3-5-12(16)13(17)7-10/h3-9,19H,1-2H3,(H,18,20,21). The lowest BCUT2D eigenvalue weighted by Gasteiger charge is -2.09. The molecule has 2 aromatic rings. The van der Waals surface area contributed by atoms with Crippen molar-refractivity contribution in [1.29, 1.82) is 0 Å². The van der Waals surface area contributed by atoms with Gasteiger partial charge in [-0.15, -0.1) is 0 Å². The molecule has 6 heteroatoms. The van der Waals surface area contributed by atoms with Crippen molar-refractivity contribution in [3.05, 3.63) is 46.6 Å². The van der Waals surface area contributed by atoms with Gasteiger partial charge in [0.2, 0.25) is 5.91 Å². The van der Waals surface area contributed by atoms with Crippen LogP contribution in [0.15, 0.2) is 36.5 Å². The molecule has 110 valence electrons. The molecule has 0 saturated heterocycles. The summed E-state index contributed by atoms with van der Waals surface area (Å²) in [6, 6.07) is 8.84. The van der Waals surface area contributed by atoms with Crippen molar-refractivity contribution in [3.63, 3.8) is 0 Å². The highest BCUT2D eigenvalue weighted by atomic mass is 35.5. The van der Waals surface area contributed by atoms with Gasteiger partial charge in [0, 0.05) is 11.6 Å². The van der Waals surface area contributed by atoms with E-state index in [1.54, 1.807) is 24.4 Å². The first-order valence-electron chi connectivity index (χ1n) is 6.44. The fourth-order valence-corrected chi connectivity index (χ4v) is 1.85. The Morgan fingerprint density at radius 3 is 2.38 bits per heavy atom. The predicted molar refractivity (Wildman–Crippen MR) is 87.4 cm³/mol. The van der Waals surface area contributed by atoms with Crippen LogP contribution in [-0.2, 0) is 4.79 Å². The highest BCUT2D eigenvalue weighted by Gasteiger charge is 2.07. The second kappa shape index (κ2) is 6.78. The van der Waals surface area contributed by atoms with Crippen LogP contribution in [0.5, 0.6) is 0 Å². The molecule has 0 fully saturated rings. The molecule has 1 amide bonds. The van der Waals surface area contributed by atoms with E-state index in [1.165, 1.54) is 0 Å². The molecule has 0 atom stereocenters. The van der Waals surface area contributed by atoms with E-state index >= 15 is 0 Å². The molecule has 1 aromatic heterocycles. The molecule has 1 aromatic carbocycles. The lowest BCUT2D eigenvalue weighted by atomic mass is 10.2. The minimum Gasteiger partial charge on any atom is -0.354 e. The zero-order valence-corrected chi connectivity index (χ0v) is 13.2. The summed E-state index contributed by atoms with van der Waals surface area (Å²) in [5.41, 5.74) is 1.60. The lowest BCUT2D eigenvalue weighted by molar-refractivity contribution is -0.118. The summed E-state index contributed by atoms with van der Waals surface area (Å²) in [4.78, 5) is 15.7. The van der Waals surface area contributed by atoms with Gasteiger partial charge in [0.25, 0.3) is 0 Å². The van der Waals surface area contributed by atoms with Crippen LogP contribution in [0.3, 0.4) is 0 Å². The molecule has 1 heterocycles. The maximum absolute atomic E-state index is 11.6. The molecular weight excluding hydrogens is 309 g/mol. The zero-order valence-electron chi connectivity index (χ0n) is 11.7. The van der Waals surface area contributed by atoms with E-state index in [-0.39, 0.29) is 11.8 Å². The Labute approximate surface area is 133 Å². The Bertz CT molecular complexity index is 642. The molecular formula is C15H15Cl2N3O. The maximum Gasteiger partial charge on any atom is 0.228 e. The van der Waals surface area contributed by atoms with Gasteiger partial charge in [-0.05, 0) is 30.3 Å². The smallest absolute Gasteiger partial charge is 0.228 e. The number of pyridine rings is 1. The Balaban J connectivity index is 2.05. The van der Waals surface area contributed by atoms with Crippen molar-refractivity contribution in [1.82, 2.24) is 4.98 Å². The van der Waals surface area contributed by atoms with Crippen LogP contribution in [0.25, 0.3) is 0 Å². The fourth-order valence-electron chi connectivity index (χ4n) is 1.55. The molecule has 0 bridgehead atoms. The van der Waals surface area contributed by atoms with E-state index in [9.17, 15) is 4.79 Å². The quantitative estimate of drug-likeness (QED) is 0.855. The fraction of sp³-hybridized carbons (Fsp3) is 0.200. The monoisotopic (exact) mass is 323 g/mol. The number of amides is 1. The van der Waals surface area contributed by atoms with Crippen LogP contribution in [0, 0.1) is 5.92 Å². The topological polar surface area (TPSA) is 54.0 Å². The summed E-state index contributed by atoms with van der Waals surface area (Å²) in [5.74, 6) is 0.377. The third-order valence-electron chi connectivity index (χ3n) is 2.75. The Hall–Kier alpha value is -1.78. The van der Waals surface area contributed by atoms with Gasteiger partial charge in [0.1, 0.15) is 5.82 Å². The van der Waals surface area contributed by atoms with Gasteiger partial charge in [-0.3, -0.25) is 4.79 Å². The number of hydrogen-bond donors (Lipinski definition) is 2. The zero-order chi connectivity index (χ0) is 15.4. The number of hydrogen-bond acceptors (Lipinski definition) is 3. The molecule has 0 aliphatic rings. The van der Waals surface area contributed by atoms with Crippen LogP contribution >= 0.6 is 23.2 Å². The number of anilines is 3. The minimum atomic E-state index is -0.0826. The molecule has 4 nitrogen and oxygen atoms in total. The summed E-state index contributed by atoms with van der Waals surface area (Å²) in [6.07, 6.45) is 1.64. The van der Waals surface area contributed by atoms with E-state index in [4.69, 9.17) is 23.2 Å². The Morgan fingerprint density at radius 1 is 1.10 bits per heavy atom. The molecule has 2 rings (SSSR count). The number of halogens is 2. The lowest BCUT2D eigenvalue weighted by Crippen LogP contribution is -2.18. The van der Waals surface area contributed by atoms with Crippen molar-refractivity contribution in [2.75, 3.05) is 10.6 Å². The summed E-state index contributed by atoms with van der Waals surface area (Å²) >= 11 is 11.8. The van der Waals surface area contributed by atoms with Gasteiger partial charge >= 0.3 is 0 Å². The Morgan fingerprint density at radius 2 is 1.81 bits per heavy atom. The molecule has 0 unspecified atom stereocenters. The SMILES string of the molecule is CC(C)C(=O)Nc1ccc(Nc2ccc(Cl)c(Cl)c2)cn1. The maximum atomic E-state index is 11.6. The first-order chi connectivity index (χ1) is 9.95. The summed E-state index contributed by atoms with van der Waals surface area (Å²) in [5, 5.41) is 6.88. The molecule has 0 aliphatic heterocycles. The van der Waals surface area contributed by atoms with Gasteiger partial charge in [0.15, 0.2) is 0 Å². The Kier molecular flexibility index (Phi) is 5.04. The number of nitrogens with zero attached hydrogens (tertiary/aromatic N) is 1. The third-order valence-corrected chi connectivity index (χ3v) is 3.49. The predicted octanol–water partition coefficient (Wildman–Crippen LogP) is 4.73. The number of rotatable bonds is 4. The molecule has 0 aliphatic carbocycles. The number of aromatic nitrogens is 1. The van der Waals surface area contributed by atoms with Crippen LogP contribution in [0.2, 0.25) is 10.0 Å². The van der Waals surface area contributed by atoms with Gasteiger partial charge in [-0.25, -0.2) is 4.98 Å². The van der Waals surface area contributed by atoms with E-state index in [0.29, 0.717) is 15.9 Å². The average Bonchev–Trinajstić information content (AvgIpc) is 2.45. The first kappa shape index (κ1) is 15.6. The van der Waals surface area contributed by atoms with Crippen molar-refractivity contribution in [2.24, 2.45) is 5.92 Å². The van der Waals surface area contributed by atoms with Crippen LogP contribution in [0.4, 0.5) is 17.2 Å². The molecule has 0 spiro atoms. The van der Waals surface area contributed by atoms with E-state index in [1.807, 2.05) is 26.0 Å². The van der Waals surface area contributed by atoms with Gasteiger partial charge in [-0.1, -0.05) is 37.0 Å². The third kappa shape index (κ3) is 4.34. The largest absolute Gasteiger partial charge is 0.354 e. The minimum absolute atomic E-state index is 0.0623. The number of carbonyl (C=O) groups is 1. The van der Waals surface area contributed by atoms with E-state index in [0.717, 1.165) is 11.4 Å². The summed E-state index contributed by atoms with van der Waals surface area (Å²) in [6.45, 7) is 3.66. The molecule has 21 heavy (non-hydrogen) atoms. The van der Waals surface area contributed by atoms with Crippen LogP contribution in [0.1, 0.15) is 13.8 Å². The second-order valence-electron chi connectivity index (χ2n) is 4.83. The molecule has 0 saturated carbocycles. The average molecular weight is 324 g/mol. The summed E-state index contributed by atoms with van der Waals surface area (Å²) < 4.78 is 0. The van der Waals surface area contributed by atoms with Gasteiger partial charge in [-0.2, -0.15) is 0 Å². The van der Waals surface area contributed by atoms with E-state index in [2.05, 4.69) is 15.6 Å². The van der Waals surface area contributed by atoms with Crippen molar-refractivity contribution in [2.45, 2.75) is 13.8 Å². The molecule has 0 radical (unpaired) electrons. The van der Waals surface area contributed by atoms with Crippen LogP contribution in [-0.4, -0.2) is 10.9 Å². The highest BCUT2D eigenvalue weighted by Crippen LogP contribution is 2.26. The number of nitrogens with one attached hydrogen (secondary N) is 2. The van der Waals surface area contributed by atoms with Crippen molar-refractivity contribution in [3.8, 4) is 0 Å². The highest BCUT2D eigenvalue weighted by molar-refractivity contribution is 6.42. The summed E-state index contributed by atoms with van der Waals surface area (Å²) in [7, 11) is 0. The van der Waals surface area contributed by atoms with Crippen LogP contribution < -0.4 is 10.6 Å². The molecule has 2 N–H and O–H groups in total. The normalized spacial score (nSPS) is 10.5. The second-order valence-corrected chi connectivity index (χ2v) is 5.64.